The molecular formula is C11H20N2OS2. The zero-order valence-electron chi connectivity index (χ0n) is 9.91. The normalized spacial score (nSPS) is 26.4. The summed E-state index contributed by atoms with van der Waals surface area (Å²) in [7, 11) is 0. The Bertz CT molecular complexity index is 275. The number of amides is 1. The fraction of sp³-hybridized carbons (Fsp3) is 0.818. The van der Waals surface area contributed by atoms with Crippen molar-refractivity contribution in [2.24, 2.45) is 5.73 Å². The van der Waals surface area contributed by atoms with Crippen molar-refractivity contribution in [2.75, 3.05) is 5.75 Å². The third-order valence-corrected chi connectivity index (χ3v) is 4.73. The minimum atomic E-state index is -0.281. The van der Waals surface area contributed by atoms with E-state index in [1.807, 2.05) is 6.92 Å². The van der Waals surface area contributed by atoms with Crippen molar-refractivity contribution in [3.63, 3.8) is 0 Å². The van der Waals surface area contributed by atoms with Crippen LogP contribution in [0.25, 0.3) is 0 Å². The van der Waals surface area contributed by atoms with Gasteiger partial charge in [0.1, 0.15) is 0 Å². The van der Waals surface area contributed by atoms with Crippen molar-refractivity contribution < 1.29 is 4.79 Å². The average Bonchev–Trinajstić information content (AvgIpc) is 2.65. The number of nitrogens with two attached hydrogens (primary N) is 1. The molecule has 0 aliphatic carbocycles. The van der Waals surface area contributed by atoms with Gasteiger partial charge in [-0.2, -0.15) is 0 Å². The van der Waals surface area contributed by atoms with Gasteiger partial charge in [0, 0.05) is 0 Å². The van der Waals surface area contributed by atoms with E-state index in [1.165, 1.54) is 0 Å². The van der Waals surface area contributed by atoms with E-state index in [0.29, 0.717) is 4.99 Å². The molecule has 0 radical (unpaired) electrons. The van der Waals surface area contributed by atoms with Gasteiger partial charge in [0.2, 0.25) is 5.91 Å². The molecule has 1 rings (SSSR count). The Kier molecular flexibility index (Phi) is 5.05. The lowest BCUT2D eigenvalue weighted by Crippen LogP contribution is -2.50. The lowest BCUT2D eigenvalue weighted by Gasteiger charge is -2.25. The Morgan fingerprint density at radius 2 is 2.38 bits per heavy atom. The van der Waals surface area contributed by atoms with Gasteiger partial charge in [-0.3, -0.25) is 4.79 Å². The Hall–Kier alpha value is -0.290. The van der Waals surface area contributed by atoms with Crippen LogP contribution in [-0.2, 0) is 4.79 Å². The van der Waals surface area contributed by atoms with Gasteiger partial charge in [-0.05, 0) is 31.9 Å². The summed E-state index contributed by atoms with van der Waals surface area (Å²) in [6.07, 6.45) is 3.84. The molecule has 16 heavy (non-hydrogen) atoms. The van der Waals surface area contributed by atoms with E-state index in [-0.39, 0.29) is 16.7 Å². The number of nitrogens with one attached hydrogen (secondary N) is 1. The first-order valence-corrected chi connectivity index (χ1v) is 7.13. The summed E-state index contributed by atoms with van der Waals surface area (Å²) in [5.41, 5.74) is 5.62. The molecule has 3 N–H and O–H groups in total. The molecular weight excluding hydrogens is 240 g/mol. The van der Waals surface area contributed by atoms with Crippen LogP contribution in [0.1, 0.15) is 39.5 Å². The van der Waals surface area contributed by atoms with E-state index in [2.05, 4.69) is 12.2 Å². The van der Waals surface area contributed by atoms with E-state index < -0.39 is 0 Å². The van der Waals surface area contributed by atoms with Crippen LogP contribution in [0.15, 0.2) is 0 Å². The molecule has 1 saturated heterocycles. The molecule has 1 amide bonds. The first kappa shape index (κ1) is 13.8. The smallest absolute Gasteiger partial charge is 0.236 e. The lowest BCUT2D eigenvalue weighted by molar-refractivity contribution is -0.123. The van der Waals surface area contributed by atoms with E-state index in [0.717, 1.165) is 31.4 Å². The standard InChI is InChI=1S/C11H20N2OS2/c1-3-5-8(9(12)15)13-10(14)11(2)6-4-7-16-11/h8H,3-7H2,1-2H3,(H2,12,15)(H,13,14). The second-order valence-corrected chi connectivity index (χ2v) is 6.47. The molecule has 0 saturated carbocycles. The fourth-order valence-electron chi connectivity index (χ4n) is 1.84. The average molecular weight is 260 g/mol. The lowest BCUT2D eigenvalue weighted by atomic mass is 10.0. The zero-order chi connectivity index (χ0) is 12.2. The third-order valence-electron chi connectivity index (χ3n) is 2.93. The maximum atomic E-state index is 12.1. The Labute approximate surface area is 107 Å². The van der Waals surface area contributed by atoms with Crippen LogP contribution in [0.4, 0.5) is 0 Å². The topological polar surface area (TPSA) is 55.1 Å². The second-order valence-electron chi connectivity index (χ2n) is 4.40. The molecule has 0 aromatic rings. The summed E-state index contributed by atoms with van der Waals surface area (Å²) >= 11 is 6.70. The number of rotatable bonds is 5. The van der Waals surface area contributed by atoms with Gasteiger partial charge in [-0.15, -0.1) is 11.8 Å². The highest BCUT2D eigenvalue weighted by atomic mass is 32.2. The number of hydrogen-bond donors (Lipinski definition) is 2. The number of carbonyl (C=O) groups excluding carboxylic acids is 1. The van der Waals surface area contributed by atoms with Crippen molar-refractivity contribution >= 4 is 34.9 Å². The third kappa shape index (κ3) is 3.35. The van der Waals surface area contributed by atoms with Crippen LogP contribution in [-0.4, -0.2) is 27.4 Å². The molecule has 2 atom stereocenters. The zero-order valence-corrected chi connectivity index (χ0v) is 11.5. The van der Waals surface area contributed by atoms with Crippen molar-refractivity contribution in [3.05, 3.63) is 0 Å². The first-order valence-electron chi connectivity index (χ1n) is 5.74. The maximum absolute atomic E-state index is 12.1. The van der Waals surface area contributed by atoms with Crippen LogP contribution in [0.3, 0.4) is 0 Å². The van der Waals surface area contributed by atoms with Crippen molar-refractivity contribution in [1.82, 2.24) is 5.32 Å². The minimum absolute atomic E-state index is 0.0845. The van der Waals surface area contributed by atoms with Crippen molar-refractivity contribution in [2.45, 2.75) is 50.3 Å². The van der Waals surface area contributed by atoms with E-state index in [4.69, 9.17) is 18.0 Å². The van der Waals surface area contributed by atoms with Gasteiger partial charge in [0.05, 0.1) is 15.8 Å². The van der Waals surface area contributed by atoms with Crippen LogP contribution in [0.5, 0.6) is 0 Å². The molecule has 0 aromatic heterocycles. The van der Waals surface area contributed by atoms with Crippen LogP contribution in [0, 0.1) is 0 Å². The van der Waals surface area contributed by atoms with Gasteiger partial charge in [-0.1, -0.05) is 25.6 Å². The van der Waals surface area contributed by atoms with Gasteiger partial charge < -0.3 is 11.1 Å². The minimum Gasteiger partial charge on any atom is -0.392 e. The SMILES string of the molecule is CCCC(NC(=O)C1(C)CCCS1)C(N)=S. The molecule has 0 spiro atoms. The van der Waals surface area contributed by atoms with Gasteiger partial charge in [-0.25, -0.2) is 0 Å². The summed E-state index contributed by atoms with van der Waals surface area (Å²) in [6, 6.07) is -0.148. The highest BCUT2D eigenvalue weighted by Crippen LogP contribution is 2.37. The Balaban J connectivity index is 2.57. The monoisotopic (exact) mass is 260 g/mol. The first-order chi connectivity index (χ1) is 7.49. The highest BCUT2D eigenvalue weighted by molar-refractivity contribution is 8.01. The molecule has 92 valence electrons. The second kappa shape index (κ2) is 5.87. The quantitative estimate of drug-likeness (QED) is 0.741. The number of thioether (sulfide) groups is 1. The maximum Gasteiger partial charge on any atom is 0.236 e. The van der Waals surface area contributed by atoms with Crippen molar-refractivity contribution in [1.29, 1.82) is 0 Å². The number of hydrogen-bond acceptors (Lipinski definition) is 3. The summed E-state index contributed by atoms with van der Waals surface area (Å²) in [4.78, 5) is 12.5. The van der Waals surface area contributed by atoms with E-state index >= 15 is 0 Å². The summed E-state index contributed by atoms with van der Waals surface area (Å²) < 4.78 is -0.281. The summed E-state index contributed by atoms with van der Waals surface area (Å²) in [6.45, 7) is 4.06. The molecule has 1 aliphatic rings. The Morgan fingerprint density at radius 1 is 1.69 bits per heavy atom. The molecule has 1 fully saturated rings. The highest BCUT2D eigenvalue weighted by Gasteiger charge is 2.38. The van der Waals surface area contributed by atoms with Crippen LogP contribution < -0.4 is 11.1 Å². The predicted molar refractivity (Wildman–Crippen MR) is 73.7 cm³/mol. The Morgan fingerprint density at radius 3 is 2.81 bits per heavy atom. The molecule has 1 aliphatic heterocycles. The van der Waals surface area contributed by atoms with Gasteiger partial charge in [0.25, 0.3) is 0 Å². The largest absolute Gasteiger partial charge is 0.392 e. The van der Waals surface area contributed by atoms with Crippen LogP contribution in [0.2, 0.25) is 0 Å². The van der Waals surface area contributed by atoms with E-state index in [1.54, 1.807) is 11.8 Å². The molecule has 5 heteroatoms. The van der Waals surface area contributed by atoms with Gasteiger partial charge in [0.15, 0.2) is 0 Å². The summed E-state index contributed by atoms with van der Waals surface area (Å²) in [5, 5.41) is 2.97. The van der Waals surface area contributed by atoms with E-state index in [9.17, 15) is 4.79 Å². The molecule has 2 unspecified atom stereocenters. The molecule has 0 aromatic carbocycles. The predicted octanol–water partition coefficient (Wildman–Crippen LogP) is 1.84. The van der Waals surface area contributed by atoms with Crippen molar-refractivity contribution in [3.8, 4) is 0 Å². The molecule has 3 nitrogen and oxygen atoms in total. The fourth-order valence-corrected chi connectivity index (χ4v) is 3.24. The number of carbonyl (C=O) groups is 1. The van der Waals surface area contributed by atoms with Gasteiger partial charge >= 0.3 is 0 Å². The number of thiocarbonyl (C=S) groups is 1. The molecule has 1 heterocycles. The summed E-state index contributed by atoms with van der Waals surface area (Å²) in [5.74, 6) is 1.15. The van der Waals surface area contributed by atoms with Crippen LogP contribution >= 0.6 is 24.0 Å². The molecule has 0 bridgehead atoms.